The Labute approximate surface area is 153 Å². The second-order valence-electron chi connectivity index (χ2n) is 5.58. The Kier molecular flexibility index (Phi) is 7.39. The quantitative estimate of drug-likeness (QED) is 0.783. The van der Waals surface area contributed by atoms with Crippen molar-refractivity contribution in [1.29, 1.82) is 0 Å². The topological polar surface area (TPSA) is 64.3 Å². The van der Waals surface area contributed by atoms with Gasteiger partial charge in [0, 0.05) is 12.1 Å². The third-order valence-corrected chi connectivity index (χ3v) is 4.06. The van der Waals surface area contributed by atoms with Gasteiger partial charge < -0.3 is 15.8 Å². The second kappa shape index (κ2) is 8.81. The number of carbonyl (C=O) groups excluding carboxylic acids is 1. The molecule has 0 spiro atoms. The van der Waals surface area contributed by atoms with Crippen molar-refractivity contribution in [2.45, 2.75) is 26.3 Å². The minimum atomic E-state index is -0.232. The molecule has 2 rings (SSSR count). The monoisotopic (exact) mass is 368 g/mol. The van der Waals surface area contributed by atoms with Gasteiger partial charge in [-0.25, -0.2) is 0 Å². The number of hydrogen-bond acceptors (Lipinski definition) is 3. The summed E-state index contributed by atoms with van der Waals surface area (Å²) in [5.41, 5.74) is 8.92. The molecule has 2 aromatic carbocycles. The molecule has 0 aliphatic rings. The lowest BCUT2D eigenvalue weighted by molar-refractivity contribution is 0.0937. The number of rotatable bonds is 5. The van der Waals surface area contributed by atoms with E-state index in [1.165, 1.54) is 24.3 Å². The maximum Gasteiger partial charge on any atom is 0.255 e. The van der Waals surface area contributed by atoms with E-state index in [1.54, 1.807) is 6.07 Å². The highest BCUT2D eigenvalue weighted by Crippen LogP contribution is 2.28. The van der Waals surface area contributed by atoms with Crippen LogP contribution in [0.3, 0.4) is 0 Å². The van der Waals surface area contributed by atoms with Crippen LogP contribution in [-0.4, -0.2) is 19.1 Å². The average Bonchev–Trinajstić information content (AvgIpc) is 2.51. The molecule has 4 nitrogen and oxygen atoms in total. The van der Waals surface area contributed by atoms with Gasteiger partial charge in [0.1, 0.15) is 5.75 Å². The average molecular weight is 369 g/mol. The highest BCUT2D eigenvalue weighted by molar-refractivity contribution is 6.33. The van der Waals surface area contributed by atoms with Gasteiger partial charge in [-0.3, -0.25) is 4.79 Å². The van der Waals surface area contributed by atoms with Crippen molar-refractivity contribution < 1.29 is 9.53 Å². The zero-order valence-corrected chi connectivity index (χ0v) is 15.5. The van der Waals surface area contributed by atoms with Crippen LogP contribution in [0.15, 0.2) is 36.4 Å². The summed E-state index contributed by atoms with van der Waals surface area (Å²) in [6.07, 6.45) is 0.753. The molecule has 130 valence electrons. The Morgan fingerprint density at radius 1 is 1.33 bits per heavy atom. The second-order valence-corrected chi connectivity index (χ2v) is 5.99. The molecular weight excluding hydrogens is 347 g/mol. The molecule has 0 aliphatic carbocycles. The highest BCUT2D eigenvalue weighted by Gasteiger charge is 2.17. The van der Waals surface area contributed by atoms with Gasteiger partial charge in [0.2, 0.25) is 0 Å². The van der Waals surface area contributed by atoms with E-state index in [9.17, 15) is 4.79 Å². The van der Waals surface area contributed by atoms with Gasteiger partial charge in [-0.05, 0) is 37.5 Å². The molecule has 3 N–H and O–H groups in total. The number of methoxy groups -OCH3 is 1. The summed E-state index contributed by atoms with van der Waals surface area (Å²) >= 11 is 6.01. The lowest BCUT2D eigenvalue weighted by Gasteiger charge is -2.17. The van der Waals surface area contributed by atoms with Gasteiger partial charge in [-0.2, -0.15) is 0 Å². The zero-order chi connectivity index (χ0) is 17.0. The molecule has 0 saturated heterocycles. The van der Waals surface area contributed by atoms with E-state index in [2.05, 4.69) is 24.4 Å². The number of nitrogens with one attached hydrogen (secondary N) is 1. The van der Waals surface area contributed by atoms with Gasteiger partial charge in [-0.15, -0.1) is 12.4 Å². The minimum Gasteiger partial charge on any atom is -0.496 e. The molecule has 0 heterocycles. The van der Waals surface area contributed by atoms with Gasteiger partial charge in [-0.1, -0.05) is 35.9 Å². The van der Waals surface area contributed by atoms with Crippen LogP contribution in [0, 0.1) is 6.92 Å². The van der Waals surface area contributed by atoms with Crippen LogP contribution in [0.1, 0.15) is 28.4 Å². The van der Waals surface area contributed by atoms with Gasteiger partial charge in [0.05, 0.1) is 23.4 Å². The number of carbonyl (C=O) groups is 1. The van der Waals surface area contributed by atoms with E-state index in [4.69, 9.17) is 22.1 Å². The van der Waals surface area contributed by atoms with E-state index < -0.39 is 0 Å². The fraction of sp³-hybridized carbons (Fsp3) is 0.278. The smallest absolute Gasteiger partial charge is 0.255 e. The normalized spacial score (nSPS) is 11.3. The maximum atomic E-state index is 12.5. The van der Waals surface area contributed by atoms with E-state index >= 15 is 0 Å². The minimum absolute atomic E-state index is 0. The Morgan fingerprint density at radius 2 is 2.00 bits per heavy atom. The van der Waals surface area contributed by atoms with Crippen molar-refractivity contribution in [3.05, 3.63) is 58.1 Å². The third-order valence-electron chi connectivity index (χ3n) is 3.73. The SMILES string of the molecule is COc1cc(N)c(Cl)cc1C(=O)NC(C)Cc1ccccc1C.Cl. The molecule has 2 aromatic rings. The number of amides is 1. The Morgan fingerprint density at radius 3 is 2.62 bits per heavy atom. The number of anilines is 1. The van der Waals surface area contributed by atoms with Crippen LogP contribution in [-0.2, 0) is 6.42 Å². The number of benzene rings is 2. The predicted molar refractivity (Wildman–Crippen MR) is 101 cm³/mol. The first-order valence-electron chi connectivity index (χ1n) is 7.40. The summed E-state index contributed by atoms with van der Waals surface area (Å²) in [6.45, 7) is 4.03. The Bertz CT molecular complexity index is 720. The fourth-order valence-corrected chi connectivity index (χ4v) is 2.60. The molecule has 24 heavy (non-hydrogen) atoms. The molecule has 1 atom stereocenters. The molecule has 1 amide bonds. The van der Waals surface area contributed by atoms with E-state index in [-0.39, 0.29) is 24.4 Å². The first kappa shape index (κ1) is 20.1. The number of ether oxygens (including phenoxy) is 1. The van der Waals surface area contributed by atoms with Crippen LogP contribution >= 0.6 is 24.0 Å². The fourth-order valence-electron chi connectivity index (χ4n) is 2.44. The van der Waals surface area contributed by atoms with Crippen molar-refractivity contribution in [3.8, 4) is 5.75 Å². The summed E-state index contributed by atoms with van der Waals surface area (Å²) in [5, 5.41) is 3.31. The van der Waals surface area contributed by atoms with Crippen molar-refractivity contribution in [2.75, 3.05) is 12.8 Å². The number of halogens is 2. The Hall–Kier alpha value is -1.91. The van der Waals surface area contributed by atoms with Crippen LogP contribution in [0.5, 0.6) is 5.75 Å². The zero-order valence-electron chi connectivity index (χ0n) is 13.9. The van der Waals surface area contributed by atoms with Gasteiger partial charge in [0.15, 0.2) is 0 Å². The summed E-state index contributed by atoms with van der Waals surface area (Å²) in [7, 11) is 1.50. The standard InChI is InChI=1S/C18H21ClN2O2.ClH/c1-11-6-4-5-7-13(11)8-12(2)21-18(22)14-9-15(19)16(20)10-17(14)23-3;/h4-7,9-10,12H,8,20H2,1-3H3,(H,21,22);1H. The Balaban J connectivity index is 0.00000288. The number of nitrogen functional groups attached to an aromatic ring is 1. The molecule has 1 unspecified atom stereocenters. The number of aryl methyl sites for hydroxylation is 1. The molecule has 6 heteroatoms. The molecule has 0 saturated carbocycles. The summed E-state index contributed by atoms with van der Waals surface area (Å²) in [5.74, 6) is 0.178. The number of nitrogens with two attached hydrogens (primary N) is 1. The molecule has 0 radical (unpaired) electrons. The van der Waals surface area contributed by atoms with Crippen LogP contribution in [0.2, 0.25) is 5.02 Å². The molecule has 0 aliphatic heterocycles. The van der Waals surface area contributed by atoms with Crippen LogP contribution in [0.25, 0.3) is 0 Å². The van der Waals surface area contributed by atoms with Crippen LogP contribution in [0.4, 0.5) is 5.69 Å². The van der Waals surface area contributed by atoms with Gasteiger partial charge in [0.25, 0.3) is 5.91 Å². The molecule has 0 aromatic heterocycles. The lowest BCUT2D eigenvalue weighted by Crippen LogP contribution is -2.34. The van der Waals surface area contributed by atoms with Crippen LogP contribution < -0.4 is 15.8 Å². The first-order valence-corrected chi connectivity index (χ1v) is 7.78. The van der Waals surface area contributed by atoms with Crippen molar-refractivity contribution >= 4 is 35.6 Å². The van der Waals surface area contributed by atoms with E-state index in [0.29, 0.717) is 22.0 Å². The molecule has 0 bridgehead atoms. The first-order chi connectivity index (χ1) is 10.9. The third kappa shape index (κ3) is 4.79. The summed E-state index contributed by atoms with van der Waals surface area (Å²) < 4.78 is 5.22. The summed E-state index contributed by atoms with van der Waals surface area (Å²) in [4.78, 5) is 12.5. The van der Waals surface area contributed by atoms with E-state index in [1.807, 2.05) is 19.1 Å². The maximum absolute atomic E-state index is 12.5. The number of hydrogen-bond donors (Lipinski definition) is 2. The summed E-state index contributed by atoms with van der Waals surface area (Å²) in [6, 6.07) is 11.2. The predicted octanol–water partition coefficient (Wildman–Crippen LogP) is 4.02. The largest absolute Gasteiger partial charge is 0.496 e. The molecule has 0 fully saturated rings. The van der Waals surface area contributed by atoms with Gasteiger partial charge >= 0.3 is 0 Å². The van der Waals surface area contributed by atoms with Crippen molar-refractivity contribution in [1.82, 2.24) is 5.32 Å². The lowest BCUT2D eigenvalue weighted by atomic mass is 10.0. The van der Waals surface area contributed by atoms with E-state index in [0.717, 1.165) is 6.42 Å². The highest BCUT2D eigenvalue weighted by atomic mass is 35.5. The van der Waals surface area contributed by atoms with Crippen molar-refractivity contribution in [3.63, 3.8) is 0 Å². The van der Waals surface area contributed by atoms with Crippen molar-refractivity contribution in [2.24, 2.45) is 0 Å². The molecular formula is C18H22Cl2N2O2.